The van der Waals surface area contributed by atoms with E-state index in [4.69, 9.17) is 5.73 Å². The van der Waals surface area contributed by atoms with Crippen molar-refractivity contribution in [2.24, 2.45) is 5.92 Å². The lowest BCUT2D eigenvalue weighted by atomic mass is 10.0. The van der Waals surface area contributed by atoms with Crippen molar-refractivity contribution in [1.82, 2.24) is 0 Å². The minimum Gasteiger partial charge on any atom is -0.398 e. The molecule has 0 saturated heterocycles. The minimum absolute atomic E-state index is 0.00608. The first-order chi connectivity index (χ1) is 8.43. The summed E-state index contributed by atoms with van der Waals surface area (Å²) >= 11 is 0. The summed E-state index contributed by atoms with van der Waals surface area (Å²) in [5.41, 5.74) is 7.55. The number of rotatable bonds is 6. The van der Waals surface area contributed by atoms with E-state index in [1.54, 1.807) is 12.1 Å². The Kier molecular flexibility index (Phi) is 5.16. The summed E-state index contributed by atoms with van der Waals surface area (Å²) in [6.07, 6.45) is 0.871. The van der Waals surface area contributed by atoms with E-state index in [-0.39, 0.29) is 18.4 Å². The molecule has 0 saturated carbocycles. The number of benzene rings is 1. The SMILES string of the molecule is CC(=O)c1cc(NC(CO)CC(C)C)ccc1N. The molecule has 0 aliphatic rings. The average molecular weight is 250 g/mol. The maximum absolute atomic E-state index is 11.4. The van der Waals surface area contributed by atoms with E-state index in [0.29, 0.717) is 17.2 Å². The topological polar surface area (TPSA) is 75.3 Å². The second-order valence-electron chi connectivity index (χ2n) is 5.01. The quantitative estimate of drug-likeness (QED) is 0.535. The van der Waals surface area contributed by atoms with E-state index >= 15 is 0 Å². The van der Waals surface area contributed by atoms with E-state index in [2.05, 4.69) is 19.2 Å². The molecule has 0 spiro atoms. The Morgan fingerprint density at radius 3 is 2.61 bits per heavy atom. The third kappa shape index (κ3) is 4.04. The van der Waals surface area contributed by atoms with Crippen LogP contribution in [0.5, 0.6) is 0 Å². The lowest BCUT2D eigenvalue weighted by molar-refractivity contribution is 0.101. The van der Waals surface area contributed by atoms with Gasteiger partial charge in [-0.15, -0.1) is 0 Å². The molecule has 0 aliphatic heterocycles. The van der Waals surface area contributed by atoms with Crippen molar-refractivity contribution in [1.29, 1.82) is 0 Å². The summed E-state index contributed by atoms with van der Waals surface area (Å²) in [6.45, 7) is 5.77. The van der Waals surface area contributed by atoms with Crippen LogP contribution in [-0.2, 0) is 0 Å². The zero-order valence-electron chi connectivity index (χ0n) is 11.2. The zero-order valence-corrected chi connectivity index (χ0v) is 11.2. The van der Waals surface area contributed by atoms with Gasteiger partial charge in [-0.3, -0.25) is 4.79 Å². The zero-order chi connectivity index (χ0) is 13.7. The Labute approximate surface area is 108 Å². The molecule has 1 aromatic carbocycles. The Bertz CT molecular complexity index is 416. The van der Waals surface area contributed by atoms with Crippen molar-refractivity contribution in [3.63, 3.8) is 0 Å². The molecule has 0 aromatic heterocycles. The standard InChI is InChI=1S/C14H22N2O2/c1-9(2)6-12(8-17)16-11-4-5-14(15)13(7-11)10(3)18/h4-5,7,9,12,16-17H,6,8,15H2,1-3H3. The van der Waals surface area contributed by atoms with E-state index in [9.17, 15) is 9.90 Å². The first-order valence-corrected chi connectivity index (χ1v) is 6.22. The van der Waals surface area contributed by atoms with Gasteiger partial charge < -0.3 is 16.2 Å². The maximum atomic E-state index is 11.4. The van der Waals surface area contributed by atoms with Crippen molar-refractivity contribution in [3.05, 3.63) is 23.8 Å². The first-order valence-electron chi connectivity index (χ1n) is 6.22. The van der Waals surface area contributed by atoms with Gasteiger partial charge in [0, 0.05) is 23.0 Å². The molecule has 4 heteroatoms. The van der Waals surface area contributed by atoms with Crippen molar-refractivity contribution in [2.75, 3.05) is 17.7 Å². The number of carbonyl (C=O) groups excluding carboxylic acids is 1. The van der Waals surface area contributed by atoms with Crippen LogP contribution in [0, 0.1) is 5.92 Å². The smallest absolute Gasteiger partial charge is 0.161 e. The molecule has 4 N–H and O–H groups in total. The van der Waals surface area contributed by atoms with Crippen LogP contribution in [0.25, 0.3) is 0 Å². The second-order valence-corrected chi connectivity index (χ2v) is 5.01. The van der Waals surface area contributed by atoms with Crippen molar-refractivity contribution in [2.45, 2.75) is 33.2 Å². The molecule has 0 aliphatic carbocycles. The van der Waals surface area contributed by atoms with Gasteiger partial charge in [-0.25, -0.2) is 0 Å². The van der Waals surface area contributed by atoms with Crippen LogP contribution in [0.15, 0.2) is 18.2 Å². The first kappa shape index (κ1) is 14.5. The summed E-state index contributed by atoms with van der Waals surface area (Å²) in [6, 6.07) is 5.27. The van der Waals surface area contributed by atoms with Crippen molar-refractivity contribution >= 4 is 17.2 Å². The predicted octanol–water partition coefficient (Wildman–Crippen LogP) is 2.29. The summed E-state index contributed by atoms with van der Waals surface area (Å²) in [5.74, 6) is 0.441. The van der Waals surface area contributed by atoms with Crippen LogP contribution >= 0.6 is 0 Å². The molecule has 100 valence electrons. The highest BCUT2D eigenvalue weighted by atomic mass is 16.3. The lowest BCUT2D eigenvalue weighted by Gasteiger charge is -2.20. The van der Waals surface area contributed by atoms with Crippen molar-refractivity contribution < 1.29 is 9.90 Å². The van der Waals surface area contributed by atoms with E-state index in [1.807, 2.05) is 6.07 Å². The maximum Gasteiger partial charge on any atom is 0.161 e. The van der Waals surface area contributed by atoms with Crippen LogP contribution in [0.4, 0.5) is 11.4 Å². The highest BCUT2D eigenvalue weighted by molar-refractivity contribution is 6.00. The third-order valence-corrected chi connectivity index (χ3v) is 2.78. The summed E-state index contributed by atoms with van der Waals surface area (Å²) < 4.78 is 0. The molecule has 1 rings (SSSR count). The van der Waals surface area contributed by atoms with Crippen LogP contribution in [0.1, 0.15) is 37.6 Å². The van der Waals surface area contributed by atoms with Gasteiger partial charge >= 0.3 is 0 Å². The Hall–Kier alpha value is -1.55. The van der Waals surface area contributed by atoms with E-state index in [0.717, 1.165) is 12.1 Å². The van der Waals surface area contributed by atoms with Gasteiger partial charge in [0.1, 0.15) is 0 Å². The number of aliphatic hydroxyl groups is 1. The fraction of sp³-hybridized carbons (Fsp3) is 0.500. The number of Topliss-reactive ketones (excluding diaryl/α,β-unsaturated/α-hetero) is 1. The normalized spacial score (nSPS) is 12.5. The largest absolute Gasteiger partial charge is 0.398 e. The number of nitrogens with two attached hydrogens (primary N) is 1. The van der Waals surface area contributed by atoms with Crippen LogP contribution in [0.3, 0.4) is 0 Å². The number of nitrogen functional groups attached to an aromatic ring is 1. The third-order valence-electron chi connectivity index (χ3n) is 2.78. The van der Waals surface area contributed by atoms with Crippen molar-refractivity contribution in [3.8, 4) is 0 Å². The minimum atomic E-state index is -0.0550. The molecule has 1 aromatic rings. The van der Waals surface area contributed by atoms with Crippen LogP contribution in [0.2, 0.25) is 0 Å². The van der Waals surface area contributed by atoms with Gasteiger partial charge in [0.2, 0.25) is 0 Å². The van der Waals surface area contributed by atoms with Crippen LogP contribution < -0.4 is 11.1 Å². The number of ketones is 1. The molecule has 0 fully saturated rings. The molecular formula is C14H22N2O2. The highest BCUT2D eigenvalue weighted by Gasteiger charge is 2.11. The summed E-state index contributed by atoms with van der Waals surface area (Å²) in [4.78, 5) is 11.4. The molecule has 1 atom stereocenters. The Balaban J connectivity index is 2.83. The fourth-order valence-corrected chi connectivity index (χ4v) is 1.93. The number of anilines is 2. The predicted molar refractivity (Wildman–Crippen MR) is 74.8 cm³/mol. The Morgan fingerprint density at radius 2 is 2.11 bits per heavy atom. The average Bonchev–Trinajstić information content (AvgIpc) is 2.29. The van der Waals surface area contributed by atoms with Crippen LogP contribution in [-0.4, -0.2) is 23.5 Å². The second kappa shape index (κ2) is 6.40. The highest BCUT2D eigenvalue weighted by Crippen LogP contribution is 2.20. The number of hydrogen-bond donors (Lipinski definition) is 3. The molecule has 0 amide bonds. The monoisotopic (exact) mass is 250 g/mol. The summed E-state index contributed by atoms with van der Waals surface area (Å²) in [7, 11) is 0. The van der Waals surface area contributed by atoms with Gasteiger partial charge in [0.05, 0.1) is 6.61 Å². The number of nitrogens with one attached hydrogen (secondary N) is 1. The van der Waals surface area contributed by atoms with E-state index in [1.165, 1.54) is 6.92 Å². The number of carbonyl (C=O) groups is 1. The molecular weight excluding hydrogens is 228 g/mol. The molecule has 0 heterocycles. The molecule has 4 nitrogen and oxygen atoms in total. The van der Waals surface area contributed by atoms with Gasteiger partial charge in [-0.05, 0) is 37.5 Å². The van der Waals surface area contributed by atoms with E-state index < -0.39 is 0 Å². The number of hydrogen-bond acceptors (Lipinski definition) is 4. The summed E-state index contributed by atoms with van der Waals surface area (Å²) in [5, 5.41) is 12.5. The lowest BCUT2D eigenvalue weighted by Crippen LogP contribution is -2.25. The molecule has 18 heavy (non-hydrogen) atoms. The van der Waals surface area contributed by atoms with Gasteiger partial charge in [-0.2, -0.15) is 0 Å². The fourth-order valence-electron chi connectivity index (χ4n) is 1.93. The molecule has 0 bridgehead atoms. The van der Waals surface area contributed by atoms with Gasteiger partial charge in [0.25, 0.3) is 0 Å². The van der Waals surface area contributed by atoms with Gasteiger partial charge in [-0.1, -0.05) is 13.8 Å². The Morgan fingerprint density at radius 1 is 1.44 bits per heavy atom. The van der Waals surface area contributed by atoms with Gasteiger partial charge in [0.15, 0.2) is 5.78 Å². The molecule has 1 unspecified atom stereocenters. The molecule has 0 radical (unpaired) electrons. The number of aliphatic hydroxyl groups excluding tert-OH is 1.